The van der Waals surface area contributed by atoms with Crippen molar-refractivity contribution >= 4 is 11.6 Å². The number of hydrogen-bond acceptors (Lipinski definition) is 4. The van der Waals surface area contributed by atoms with Crippen LogP contribution in [0.3, 0.4) is 0 Å². The number of nitrogens with two attached hydrogens (primary N) is 1. The van der Waals surface area contributed by atoms with Crippen LogP contribution in [0.2, 0.25) is 0 Å². The molecule has 1 aromatic rings. The van der Waals surface area contributed by atoms with Crippen molar-refractivity contribution in [2.75, 3.05) is 19.8 Å². The van der Waals surface area contributed by atoms with Gasteiger partial charge >= 0.3 is 0 Å². The molecule has 1 amide bonds. The molecule has 3 N–H and O–H groups in total. The fraction of sp³-hybridized carbons (Fsp3) is 0.250. The Morgan fingerprint density at radius 1 is 1.62 bits per heavy atom. The maximum Gasteiger partial charge on any atom is 0.275 e. The average molecular weight is 181 g/mol. The van der Waals surface area contributed by atoms with Crippen LogP contribution in [0.25, 0.3) is 0 Å². The van der Waals surface area contributed by atoms with Gasteiger partial charge in [0.2, 0.25) is 0 Å². The Morgan fingerprint density at radius 2 is 2.23 bits per heavy atom. The maximum atomic E-state index is 11.4. The Bertz CT molecular complexity index is 336. The molecule has 5 heteroatoms. The van der Waals surface area contributed by atoms with E-state index in [1.807, 2.05) is 0 Å². The van der Waals surface area contributed by atoms with Gasteiger partial charge in [0.05, 0.1) is 5.69 Å². The molecule has 0 aromatic carbocycles. The zero-order valence-electron chi connectivity index (χ0n) is 7.48. The van der Waals surface area contributed by atoms with Crippen molar-refractivity contribution in [3.8, 4) is 5.75 Å². The minimum Gasteiger partial charge on any atom is -0.504 e. The van der Waals surface area contributed by atoms with Crippen LogP contribution < -0.4 is 5.73 Å². The molecule has 0 aliphatic rings. The Hall–Kier alpha value is -1.78. The standard InChI is InChI=1S/C8H11N3O2/c1-11(2)8(13)6-7(12)5(9)3-4-10-6/h3-4,12H,1-2H3,(H2,9,10). The van der Waals surface area contributed by atoms with Crippen LogP contribution in [0.5, 0.6) is 5.75 Å². The first-order valence-corrected chi connectivity index (χ1v) is 3.69. The predicted molar refractivity (Wildman–Crippen MR) is 48.3 cm³/mol. The number of amides is 1. The van der Waals surface area contributed by atoms with Gasteiger partial charge in [-0.05, 0) is 6.07 Å². The number of aromatic hydroxyl groups is 1. The number of pyridine rings is 1. The molecular formula is C8H11N3O2. The molecule has 1 aromatic heterocycles. The highest BCUT2D eigenvalue weighted by molar-refractivity contribution is 5.96. The summed E-state index contributed by atoms with van der Waals surface area (Å²) < 4.78 is 0. The minimum atomic E-state index is -0.371. The first-order valence-electron chi connectivity index (χ1n) is 3.69. The van der Waals surface area contributed by atoms with Crippen LogP contribution in [-0.4, -0.2) is 35.0 Å². The van der Waals surface area contributed by atoms with Gasteiger partial charge in [0.15, 0.2) is 11.4 Å². The molecule has 0 atom stereocenters. The molecular weight excluding hydrogens is 170 g/mol. The van der Waals surface area contributed by atoms with Gasteiger partial charge in [0, 0.05) is 20.3 Å². The van der Waals surface area contributed by atoms with Crippen molar-refractivity contribution in [3.05, 3.63) is 18.0 Å². The highest BCUT2D eigenvalue weighted by Crippen LogP contribution is 2.22. The van der Waals surface area contributed by atoms with Gasteiger partial charge in [-0.3, -0.25) is 4.79 Å². The predicted octanol–water partition coefficient (Wildman–Crippen LogP) is 0.0712. The van der Waals surface area contributed by atoms with E-state index >= 15 is 0 Å². The number of nitrogen functional groups attached to an aromatic ring is 1. The van der Waals surface area contributed by atoms with Crippen molar-refractivity contribution in [1.82, 2.24) is 9.88 Å². The second-order valence-electron chi connectivity index (χ2n) is 2.80. The third-order valence-corrected chi connectivity index (χ3v) is 1.56. The van der Waals surface area contributed by atoms with E-state index in [1.54, 1.807) is 14.1 Å². The summed E-state index contributed by atoms with van der Waals surface area (Å²) in [7, 11) is 3.15. The maximum absolute atomic E-state index is 11.4. The average Bonchev–Trinajstić information content (AvgIpc) is 2.08. The van der Waals surface area contributed by atoms with E-state index in [0.29, 0.717) is 0 Å². The van der Waals surface area contributed by atoms with Crippen molar-refractivity contribution < 1.29 is 9.90 Å². The summed E-state index contributed by atoms with van der Waals surface area (Å²) in [6, 6.07) is 1.43. The summed E-state index contributed by atoms with van der Waals surface area (Å²) in [4.78, 5) is 16.4. The molecule has 70 valence electrons. The summed E-state index contributed by atoms with van der Waals surface area (Å²) >= 11 is 0. The van der Waals surface area contributed by atoms with Gasteiger partial charge in [-0.25, -0.2) is 4.98 Å². The van der Waals surface area contributed by atoms with E-state index in [2.05, 4.69) is 4.98 Å². The minimum absolute atomic E-state index is 0.0231. The Morgan fingerprint density at radius 3 is 2.77 bits per heavy atom. The van der Waals surface area contributed by atoms with Crippen LogP contribution in [-0.2, 0) is 0 Å². The van der Waals surface area contributed by atoms with E-state index in [-0.39, 0.29) is 23.0 Å². The third kappa shape index (κ3) is 1.69. The van der Waals surface area contributed by atoms with Gasteiger partial charge in [0.25, 0.3) is 5.91 Å². The Balaban J connectivity index is 3.15. The van der Waals surface area contributed by atoms with Gasteiger partial charge in [-0.2, -0.15) is 0 Å². The fourth-order valence-electron chi connectivity index (χ4n) is 0.837. The Labute approximate surface area is 75.8 Å². The van der Waals surface area contributed by atoms with E-state index in [4.69, 9.17) is 5.73 Å². The van der Waals surface area contributed by atoms with Crippen LogP contribution in [0.1, 0.15) is 10.5 Å². The molecule has 0 fully saturated rings. The topological polar surface area (TPSA) is 79.5 Å². The van der Waals surface area contributed by atoms with Gasteiger partial charge in [0.1, 0.15) is 0 Å². The van der Waals surface area contributed by atoms with Crippen LogP contribution in [0, 0.1) is 0 Å². The quantitative estimate of drug-likeness (QED) is 0.642. The van der Waals surface area contributed by atoms with Crippen LogP contribution in [0.4, 0.5) is 5.69 Å². The number of hydrogen-bond donors (Lipinski definition) is 2. The number of aromatic nitrogens is 1. The zero-order valence-corrected chi connectivity index (χ0v) is 7.48. The fourth-order valence-corrected chi connectivity index (χ4v) is 0.837. The summed E-state index contributed by atoms with van der Waals surface area (Å²) in [5, 5.41) is 9.38. The summed E-state index contributed by atoms with van der Waals surface area (Å²) in [6.45, 7) is 0. The zero-order chi connectivity index (χ0) is 10.0. The number of carbonyl (C=O) groups is 1. The molecule has 13 heavy (non-hydrogen) atoms. The second kappa shape index (κ2) is 3.30. The van der Waals surface area contributed by atoms with Crippen LogP contribution in [0.15, 0.2) is 12.3 Å². The lowest BCUT2D eigenvalue weighted by Crippen LogP contribution is -2.23. The first kappa shape index (κ1) is 9.31. The second-order valence-corrected chi connectivity index (χ2v) is 2.80. The van der Waals surface area contributed by atoms with Crippen molar-refractivity contribution in [1.29, 1.82) is 0 Å². The van der Waals surface area contributed by atoms with E-state index in [0.717, 1.165) is 0 Å². The highest BCUT2D eigenvalue weighted by atomic mass is 16.3. The molecule has 0 spiro atoms. The summed E-state index contributed by atoms with van der Waals surface area (Å²) in [5.41, 5.74) is 5.53. The first-order chi connectivity index (χ1) is 6.04. The SMILES string of the molecule is CN(C)C(=O)c1nccc(N)c1O. The number of nitrogens with zero attached hydrogens (tertiary/aromatic N) is 2. The largest absolute Gasteiger partial charge is 0.504 e. The van der Waals surface area contributed by atoms with E-state index < -0.39 is 0 Å². The molecule has 0 aliphatic carbocycles. The molecule has 0 aliphatic heterocycles. The van der Waals surface area contributed by atoms with Crippen molar-refractivity contribution in [2.45, 2.75) is 0 Å². The molecule has 0 unspecified atom stereocenters. The number of rotatable bonds is 1. The summed E-state index contributed by atoms with van der Waals surface area (Å²) in [5.74, 6) is -0.633. The molecule has 0 radical (unpaired) electrons. The molecule has 0 bridgehead atoms. The molecule has 0 saturated carbocycles. The highest BCUT2D eigenvalue weighted by Gasteiger charge is 2.15. The molecule has 1 heterocycles. The lowest BCUT2D eigenvalue weighted by molar-refractivity contribution is 0.0819. The van der Waals surface area contributed by atoms with E-state index in [1.165, 1.54) is 17.2 Å². The van der Waals surface area contributed by atoms with Gasteiger partial charge in [-0.1, -0.05) is 0 Å². The van der Waals surface area contributed by atoms with Gasteiger partial charge in [-0.15, -0.1) is 0 Å². The normalized spacial score (nSPS) is 9.69. The smallest absolute Gasteiger partial charge is 0.275 e. The Kier molecular flexibility index (Phi) is 2.36. The summed E-state index contributed by atoms with van der Waals surface area (Å²) in [6.07, 6.45) is 1.38. The van der Waals surface area contributed by atoms with Crippen molar-refractivity contribution in [2.24, 2.45) is 0 Å². The number of carbonyl (C=O) groups excluding carboxylic acids is 1. The van der Waals surface area contributed by atoms with E-state index in [9.17, 15) is 9.90 Å². The molecule has 5 nitrogen and oxygen atoms in total. The van der Waals surface area contributed by atoms with Crippen LogP contribution >= 0.6 is 0 Å². The number of anilines is 1. The van der Waals surface area contributed by atoms with Gasteiger partial charge < -0.3 is 15.7 Å². The lowest BCUT2D eigenvalue weighted by Gasteiger charge is -2.10. The molecule has 1 rings (SSSR count). The van der Waals surface area contributed by atoms with Crippen molar-refractivity contribution in [3.63, 3.8) is 0 Å². The third-order valence-electron chi connectivity index (χ3n) is 1.56. The lowest BCUT2D eigenvalue weighted by atomic mass is 10.2. The monoisotopic (exact) mass is 181 g/mol. The molecule has 0 saturated heterocycles.